The lowest BCUT2D eigenvalue weighted by molar-refractivity contribution is -0.385. The smallest absolute Gasteiger partial charge is 0.310 e. The molecule has 5 heteroatoms. The maximum absolute atomic E-state index is 10.8. The van der Waals surface area contributed by atoms with E-state index in [1.807, 2.05) is 6.07 Å². The molecule has 0 aromatic heterocycles. The van der Waals surface area contributed by atoms with E-state index in [4.69, 9.17) is 16.3 Å². The molecule has 0 unspecified atom stereocenters. The van der Waals surface area contributed by atoms with Gasteiger partial charge in [0.1, 0.15) is 6.61 Å². The molecule has 2 aromatic carbocycles. The summed E-state index contributed by atoms with van der Waals surface area (Å²) >= 11 is 5.84. The Morgan fingerprint density at radius 3 is 2.67 bits per heavy atom. The van der Waals surface area contributed by atoms with E-state index in [-0.39, 0.29) is 18.0 Å². The van der Waals surface area contributed by atoms with Crippen molar-refractivity contribution >= 4 is 17.3 Å². The molecular weight excluding hydrogens is 254 g/mol. The molecule has 92 valence electrons. The molecular formula is C13H10ClNO3. The third-order valence-corrected chi connectivity index (χ3v) is 2.58. The van der Waals surface area contributed by atoms with Gasteiger partial charge in [0.05, 0.1) is 4.92 Å². The van der Waals surface area contributed by atoms with Crippen molar-refractivity contribution in [1.29, 1.82) is 0 Å². The Bertz CT molecular complexity index is 572. The molecule has 0 bridgehead atoms. The summed E-state index contributed by atoms with van der Waals surface area (Å²) in [6.45, 7) is 0.241. The Balaban J connectivity index is 2.13. The molecule has 0 N–H and O–H groups in total. The molecule has 0 radical (unpaired) electrons. The van der Waals surface area contributed by atoms with Crippen molar-refractivity contribution in [2.75, 3.05) is 0 Å². The molecule has 4 nitrogen and oxygen atoms in total. The van der Waals surface area contributed by atoms with E-state index in [0.29, 0.717) is 5.02 Å². The Labute approximate surface area is 109 Å². The number of hydrogen-bond donors (Lipinski definition) is 0. The Hall–Kier alpha value is -2.07. The van der Waals surface area contributed by atoms with Crippen LogP contribution in [0.1, 0.15) is 5.56 Å². The quantitative estimate of drug-likeness (QED) is 0.622. The lowest BCUT2D eigenvalue weighted by Gasteiger charge is -2.06. The molecule has 0 heterocycles. The number of halogens is 1. The molecule has 0 fully saturated rings. The highest BCUT2D eigenvalue weighted by atomic mass is 35.5. The predicted molar refractivity (Wildman–Crippen MR) is 68.9 cm³/mol. The molecule has 0 aliphatic heterocycles. The summed E-state index contributed by atoms with van der Waals surface area (Å²) in [4.78, 5) is 10.3. The third kappa shape index (κ3) is 2.99. The fraction of sp³-hybridized carbons (Fsp3) is 0.0769. The topological polar surface area (TPSA) is 52.4 Å². The molecule has 0 saturated heterocycles. The van der Waals surface area contributed by atoms with Crippen molar-refractivity contribution in [3.8, 4) is 5.75 Å². The molecule has 0 amide bonds. The van der Waals surface area contributed by atoms with E-state index in [1.165, 1.54) is 6.07 Å². The second kappa shape index (κ2) is 5.51. The minimum atomic E-state index is -0.465. The van der Waals surface area contributed by atoms with Crippen molar-refractivity contribution < 1.29 is 9.66 Å². The van der Waals surface area contributed by atoms with Crippen LogP contribution in [0.15, 0.2) is 48.5 Å². The first-order valence-electron chi connectivity index (χ1n) is 5.27. The summed E-state index contributed by atoms with van der Waals surface area (Å²) in [6, 6.07) is 13.5. The summed E-state index contributed by atoms with van der Waals surface area (Å²) < 4.78 is 5.44. The number of benzene rings is 2. The van der Waals surface area contributed by atoms with Crippen LogP contribution >= 0.6 is 11.6 Å². The third-order valence-electron chi connectivity index (χ3n) is 2.35. The highest BCUT2D eigenvalue weighted by Crippen LogP contribution is 2.26. The zero-order valence-electron chi connectivity index (χ0n) is 9.38. The number of nitro groups is 1. The summed E-state index contributed by atoms with van der Waals surface area (Å²) in [7, 11) is 0. The monoisotopic (exact) mass is 263 g/mol. The average molecular weight is 264 g/mol. The maximum Gasteiger partial charge on any atom is 0.310 e. The Morgan fingerprint density at radius 2 is 1.94 bits per heavy atom. The second-order valence-electron chi connectivity index (χ2n) is 3.64. The lowest BCUT2D eigenvalue weighted by atomic mass is 10.2. The van der Waals surface area contributed by atoms with Gasteiger partial charge >= 0.3 is 5.69 Å². The normalized spacial score (nSPS) is 10.1. The van der Waals surface area contributed by atoms with Crippen molar-refractivity contribution in [1.82, 2.24) is 0 Å². The van der Waals surface area contributed by atoms with E-state index in [0.717, 1.165) is 5.56 Å². The highest BCUT2D eigenvalue weighted by Gasteiger charge is 2.13. The number of ether oxygens (including phenoxy) is 1. The molecule has 0 aliphatic rings. The van der Waals surface area contributed by atoms with Crippen LogP contribution in [0.4, 0.5) is 5.69 Å². The van der Waals surface area contributed by atoms with E-state index in [1.54, 1.807) is 36.4 Å². The van der Waals surface area contributed by atoms with Crippen molar-refractivity contribution in [2.24, 2.45) is 0 Å². The van der Waals surface area contributed by atoms with Crippen molar-refractivity contribution in [3.05, 3.63) is 69.2 Å². The number of nitro benzene ring substituents is 1. The van der Waals surface area contributed by atoms with Crippen LogP contribution in [0.3, 0.4) is 0 Å². The first-order valence-corrected chi connectivity index (χ1v) is 5.65. The van der Waals surface area contributed by atoms with Crippen LogP contribution in [0.2, 0.25) is 5.02 Å². The van der Waals surface area contributed by atoms with Gasteiger partial charge in [0.25, 0.3) is 0 Å². The summed E-state index contributed by atoms with van der Waals surface area (Å²) in [6.07, 6.45) is 0. The van der Waals surface area contributed by atoms with E-state index in [2.05, 4.69) is 0 Å². The van der Waals surface area contributed by atoms with Crippen LogP contribution in [0, 0.1) is 10.1 Å². The average Bonchev–Trinajstić information content (AvgIpc) is 2.37. The van der Waals surface area contributed by atoms with Crippen LogP contribution in [-0.4, -0.2) is 4.92 Å². The number of rotatable bonds is 4. The lowest BCUT2D eigenvalue weighted by Crippen LogP contribution is -1.98. The van der Waals surface area contributed by atoms with Crippen molar-refractivity contribution in [2.45, 2.75) is 6.61 Å². The first-order chi connectivity index (χ1) is 8.66. The predicted octanol–water partition coefficient (Wildman–Crippen LogP) is 3.83. The van der Waals surface area contributed by atoms with Gasteiger partial charge in [-0.15, -0.1) is 0 Å². The van der Waals surface area contributed by atoms with Gasteiger partial charge in [-0.05, 0) is 23.8 Å². The van der Waals surface area contributed by atoms with Crippen molar-refractivity contribution in [3.63, 3.8) is 0 Å². The van der Waals surface area contributed by atoms with Gasteiger partial charge in [0.2, 0.25) is 0 Å². The summed E-state index contributed by atoms with van der Waals surface area (Å²) in [5.41, 5.74) is 0.820. The number of para-hydroxylation sites is 2. The highest BCUT2D eigenvalue weighted by molar-refractivity contribution is 6.30. The standard InChI is InChI=1S/C13H10ClNO3/c14-11-5-3-4-10(8-11)9-18-13-7-2-1-6-12(13)15(16)17/h1-8H,9H2. The summed E-state index contributed by atoms with van der Waals surface area (Å²) in [5, 5.41) is 11.4. The molecule has 0 atom stereocenters. The molecule has 0 spiro atoms. The molecule has 0 aliphatic carbocycles. The van der Waals surface area contributed by atoms with E-state index < -0.39 is 4.92 Å². The van der Waals surface area contributed by atoms with Crippen LogP contribution in [0.5, 0.6) is 5.75 Å². The van der Waals surface area contributed by atoms with Gasteiger partial charge in [-0.25, -0.2) is 0 Å². The Morgan fingerprint density at radius 1 is 1.17 bits per heavy atom. The minimum absolute atomic E-state index is 0.0421. The van der Waals surface area contributed by atoms with E-state index in [9.17, 15) is 10.1 Å². The van der Waals surface area contributed by atoms with Gasteiger partial charge in [-0.3, -0.25) is 10.1 Å². The minimum Gasteiger partial charge on any atom is -0.482 e. The zero-order chi connectivity index (χ0) is 13.0. The molecule has 2 aromatic rings. The Kier molecular flexibility index (Phi) is 3.79. The van der Waals surface area contributed by atoms with E-state index >= 15 is 0 Å². The SMILES string of the molecule is O=[N+]([O-])c1ccccc1OCc1cccc(Cl)c1. The maximum atomic E-state index is 10.8. The zero-order valence-corrected chi connectivity index (χ0v) is 10.1. The van der Waals surface area contributed by atoms with Crippen LogP contribution in [-0.2, 0) is 6.61 Å². The molecule has 2 rings (SSSR count). The van der Waals surface area contributed by atoms with Gasteiger partial charge in [-0.2, -0.15) is 0 Å². The summed E-state index contributed by atoms with van der Waals surface area (Å²) in [5.74, 6) is 0.252. The number of hydrogen-bond acceptors (Lipinski definition) is 3. The van der Waals surface area contributed by atoms with Crippen LogP contribution < -0.4 is 4.74 Å². The van der Waals surface area contributed by atoms with Gasteiger partial charge in [-0.1, -0.05) is 35.9 Å². The van der Waals surface area contributed by atoms with Gasteiger partial charge in [0.15, 0.2) is 5.75 Å². The fourth-order valence-corrected chi connectivity index (χ4v) is 1.73. The largest absolute Gasteiger partial charge is 0.482 e. The molecule has 18 heavy (non-hydrogen) atoms. The van der Waals surface area contributed by atoms with Crippen LogP contribution in [0.25, 0.3) is 0 Å². The number of nitrogens with zero attached hydrogens (tertiary/aromatic N) is 1. The van der Waals surface area contributed by atoms with Gasteiger partial charge in [0, 0.05) is 11.1 Å². The second-order valence-corrected chi connectivity index (χ2v) is 4.08. The molecule has 0 saturated carbocycles. The first kappa shape index (κ1) is 12.4. The fourth-order valence-electron chi connectivity index (χ4n) is 1.52. The van der Waals surface area contributed by atoms with Gasteiger partial charge < -0.3 is 4.74 Å².